The number of hydrogen-bond acceptors (Lipinski definition) is 3. The number of fused-ring (bicyclic) bond motifs is 4. The molecule has 0 spiro atoms. The highest BCUT2D eigenvalue weighted by atomic mass is 19.1. The minimum absolute atomic E-state index is 0.0580. The van der Waals surface area contributed by atoms with Crippen molar-refractivity contribution in [3.63, 3.8) is 0 Å². The number of hydrogen-bond donors (Lipinski definition) is 2. The Labute approximate surface area is 147 Å². The third kappa shape index (κ3) is 3.43. The predicted molar refractivity (Wildman–Crippen MR) is 96.1 cm³/mol. The normalized spacial score (nSPS) is 25.4. The molecule has 3 heterocycles. The maximum absolute atomic E-state index is 13.7. The van der Waals surface area contributed by atoms with Crippen molar-refractivity contribution in [1.82, 2.24) is 10.2 Å². The fraction of sp³-hybridized carbons (Fsp3) is 0.350. The number of benzene rings is 2. The molecule has 0 saturated carbocycles. The molecule has 0 aromatic heterocycles. The minimum atomic E-state index is -0.510. The molecule has 0 aliphatic carbocycles. The number of rotatable bonds is 3. The zero-order valence-electron chi connectivity index (χ0n) is 14.0. The summed E-state index contributed by atoms with van der Waals surface area (Å²) < 4.78 is 13.7. The van der Waals surface area contributed by atoms with E-state index < -0.39 is 11.7 Å². The van der Waals surface area contributed by atoms with Crippen LogP contribution in [-0.2, 0) is 0 Å². The van der Waals surface area contributed by atoms with Gasteiger partial charge >= 0.3 is 0 Å². The first kappa shape index (κ1) is 16.2. The van der Waals surface area contributed by atoms with E-state index in [9.17, 15) is 9.18 Å². The molecule has 3 aliphatic rings. The van der Waals surface area contributed by atoms with E-state index in [1.165, 1.54) is 30.5 Å². The van der Waals surface area contributed by atoms with Gasteiger partial charge in [-0.05, 0) is 42.7 Å². The van der Waals surface area contributed by atoms with Gasteiger partial charge in [0.1, 0.15) is 5.82 Å². The van der Waals surface area contributed by atoms with Crippen molar-refractivity contribution in [2.45, 2.75) is 24.9 Å². The van der Waals surface area contributed by atoms with Crippen LogP contribution in [0.3, 0.4) is 0 Å². The van der Waals surface area contributed by atoms with E-state index >= 15 is 0 Å². The van der Waals surface area contributed by atoms with Crippen LogP contribution in [0.15, 0.2) is 48.5 Å². The summed E-state index contributed by atoms with van der Waals surface area (Å²) in [5, 5.41) is 6.41. The molecule has 1 amide bonds. The van der Waals surface area contributed by atoms with Crippen LogP contribution in [0.2, 0.25) is 0 Å². The highest BCUT2D eigenvalue weighted by Crippen LogP contribution is 2.28. The third-order valence-electron chi connectivity index (χ3n) is 5.24. The van der Waals surface area contributed by atoms with Crippen LogP contribution in [0.25, 0.3) is 0 Å². The van der Waals surface area contributed by atoms with Crippen molar-refractivity contribution >= 4 is 11.6 Å². The topological polar surface area (TPSA) is 44.4 Å². The number of amides is 1. The fourth-order valence-electron chi connectivity index (χ4n) is 3.78. The Hall–Kier alpha value is -2.24. The minimum Gasteiger partial charge on any atom is -0.322 e. The zero-order chi connectivity index (χ0) is 17.2. The first-order valence-corrected chi connectivity index (χ1v) is 8.84. The lowest BCUT2D eigenvalue weighted by Gasteiger charge is -2.31. The summed E-state index contributed by atoms with van der Waals surface area (Å²) in [6.45, 7) is 3.23. The van der Waals surface area contributed by atoms with E-state index in [0.29, 0.717) is 17.8 Å². The number of nitrogens with one attached hydrogen (secondary N) is 2. The molecule has 1 atom stereocenters. The fourth-order valence-corrected chi connectivity index (χ4v) is 3.78. The van der Waals surface area contributed by atoms with Crippen LogP contribution >= 0.6 is 0 Å². The summed E-state index contributed by atoms with van der Waals surface area (Å²) in [5.74, 6) is -0.936. The smallest absolute Gasteiger partial charge is 0.258 e. The lowest BCUT2D eigenvalue weighted by molar-refractivity contribution is 0.102. The molecule has 3 fully saturated rings. The number of piperidine rings is 1. The molecule has 3 aliphatic heterocycles. The largest absolute Gasteiger partial charge is 0.322 e. The number of anilines is 1. The highest BCUT2D eigenvalue weighted by Gasteiger charge is 2.30. The van der Waals surface area contributed by atoms with Gasteiger partial charge in [0, 0.05) is 37.4 Å². The van der Waals surface area contributed by atoms with Crippen molar-refractivity contribution in [2.75, 3.05) is 25.0 Å². The van der Waals surface area contributed by atoms with E-state index in [4.69, 9.17) is 0 Å². The van der Waals surface area contributed by atoms with Crippen LogP contribution in [-0.4, -0.2) is 36.5 Å². The second-order valence-electron chi connectivity index (χ2n) is 6.79. The van der Waals surface area contributed by atoms with E-state index in [-0.39, 0.29) is 5.56 Å². The van der Waals surface area contributed by atoms with Gasteiger partial charge in [-0.25, -0.2) is 4.39 Å². The van der Waals surface area contributed by atoms with Gasteiger partial charge in [-0.1, -0.05) is 24.3 Å². The van der Waals surface area contributed by atoms with Crippen LogP contribution in [0.5, 0.6) is 0 Å². The quantitative estimate of drug-likeness (QED) is 0.903. The molecule has 25 heavy (non-hydrogen) atoms. The second kappa shape index (κ2) is 6.94. The standard InChI is InChI=1S/C20H22FN3O/c21-18-4-2-1-3-17(18)20(25)23-16-7-5-14(6-8-16)19-13-22-15-9-11-24(19)12-10-15/h1-8,15,19,22H,9-13H2,(H,23,25). The monoisotopic (exact) mass is 339 g/mol. The van der Waals surface area contributed by atoms with Crippen molar-refractivity contribution in [3.05, 3.63) is 65.5 Å². The molecule has 5 heteroatoms. The SMILES string of the molecule is O=C(Nc1ccc(C2CNC3CCN2CC3)cc1)c1ccccc1F. The molecular weight excluding hydrogens is 317 g/mol. The van der Waals surface area contributed by atoms with Crippen molar-refractivity contribution < 1.29 is 9.18 Å². The molecule has 4 nitrogen and oxygen atoms in total. The Balaban J connectivity index is 1.47. The highest BCUT2D eigenvalue weighted by molar-refractivity contribution is 6.04. The summed E-state index contributed by atoms with van der Waals surface area (Å²) in [4.78, 5) is 14.7. The van der Waals surface area contributed by atoms with Crippen LogP contribution in [0, 0.1) is 5.82 Å². The van der Waals surface area contributed by atoms with Gasteiger partial charge < -0.3 is 10.6 Å². The van der Waals surface area contributed by atoms with E-state index in [2.05, 4.69) is 27.7 Å². The molecule has 130 valence electrons. The Morgan fingerprint density at radius 1 is 1.08 bits per heavy atom. The average molecular weight is 339 g/mol. The van der Waals surface area contributed by atoms with Gasteiger partial charge in [0.15, 0.2) is 0 Å². The number of halogens is 1. The van der Waals surface area contributed by atoms with Gasteiger partial charge in [0.05, 0.1) is 5.56 Å². The molecule has 2 bridgehead atoms. The van der Waals surface area contributed by atoms with Crippen LogP contribution < -0.4 is 10.6 Å². The Morgan fingerprint density at radius 2 is 1.80 bits per heavy atom. The van der Waals surface area contributed by atoms with Crippen molar-refractivity contribution in [1.29, 1.82) is 0 Å². The summed E-state index contributed by atoms with van der Waals surface area (Å²) in [5.41, 5.74) is 1.99. The molecule has 2 aromatic rings. The second-order valence-corrected chi connectivity index (χ2v) is 6.79. The van der Waals surface area contributed by atoms with Crippen molar-refractivity contribution in [3.8, 4) is 0 Å². The summed E-state index contributed by atoms with van der Waals surface area (Å²) in [6, 6.07) is 14.9. The molecule has 3 saturated heterocycles. The first-order chi connectivity index (χ1) is 12.2. The summed E-state index contributed by atoms with van der Waals surface area (Å²) in [6.07, 6.45) is 2.43. The molecule has 2 aromatic carbocycles. The Kier molecular flexibility index (Phi) is 4.51. The van der Waals surface area contributed by atoms with Gasteiger partial charge in [0.2, 0.25) is 0 Å². The van der Waals surface area contributed by atoms with Crippen LogP contribution in [0.4, 0.5) is 10.1 Å². The predicted octanol–water partition coefficient (Wildman–Crippen LogP) is 3.19. The maximum Gasteiger partial charge on any atom is 0.258 e. The van der Waals surface area contributed by atoms with E-state index in [0.717, 1.165) is 19.6 Å². The number of carbonyl (C=O) groups is 1. The zero-order valence-corrected chi connectivity index (χ0v) is 14.0. The third-order valence-corrected chi connectivity index (χ3v) is 5.24. The van der Waals surface area contributed by atoms with Gasteiger partial charge in [-0.2, -0.15) is 0 Å². The van der Waals surface area contributed by atoms with Crippen molar-refractivity contribution in [2.24, 2.45) is 0 Å². The molecule has 0 radical (unpaired) electrons. The van der Waals surface area contributed by atoms with E-state index in [1.807, 2.05) is 12.1 Å². The average Bonchev–Trinajstić information content (AvgIpc) is 2.97. The lowest BCUT2D eigenvalue weighted by Crippen LogP contribution is -2.35. The number of carbonyl (C=O) groups excluding carboxylic acids is 1. The maximum atomic E-state index is 13.7. The lowest BCUT2D eigenvalue weighted by atomic mass is 10.0. The van der Waals surface area contributed by atoms with Gasteiger partial charge in [0.25, 0.3) is 5.91 Å². The summed E-state index contributed by atoms with van der Waals surface area (Å²) in [7, 11) is 0. The van der Waals surface area contributed by atoms with Crippen LogP contribution in [0.1, 0.15) is 34.8 Å². The molecule has 2 N–H and O–H groups in total. The molecular formula is C20H22FN3O. The molecule has 1 unspecified atom stereocenters. The van der Waals surface area contributed by atoms with Gasteiger partial charge in [-0.3, -0.25) is 9.69 Å². The molecule has 5 rings (SSSR count). The van der Waals surface area contributed by atoms with Gasteiger partial charge in [-0.15, -0.1) is 0 Å². The first-order valence-electron chi connectivity index (χ1n) is 8.84. The Bertz CT molecular complexity index is 754. The number of nitrogens with zero attached hydrogens (tertiary/aromatic N) is 1. The Morgan fingerprint density at radius 3 is 2.52 bits per heavy atom. The van der Waals surface area contributed by atoms with E-state index in [1.54, 1.807) is 12.1 Å². The summed E-state index contributed by atoms with van der Waals surface area (Å²) >= 11 is 0.